The summed E-state index contributed by atoms with van der Waals surface area (Å²) in [5.74, 6) is 0. The van der Waals surface area contributed by atoms with Gasteiger partial charge in [0.1, 0.15) is 5.01 Å². The van der Waals surface area contributed by atoms with Gasteiger partial charge in [-0.15, -0.1) is 11.3 Å². The van der Waals surface area contributed by atoms with Crippen LogP contribution in [-0.2, 0) is 11.3 Å². The second kappa shape index (κ2) is 5.12. The van der Waals surface area contributed by atoms with Crippen molar-refractivity contribution in [3.63, 3.8) is 0 Å². The first kappa shape index (κ1) is 12.5. The lowest BCUT2D eigenvalue weighted by Gasteiger charge is -2.42. The molecule has 16 heavy (non-hydrogen) atoms. The van der Waals surface area contributed by atoms with E-state index in [1.54, 1.807) is 11.3 Å². The summed E-state index contributed by atoms with van der Waals surface area (Å²) in [6, 6.07) is 0. The Labute approximate surface area is 109 Å². The first-order chi connectivity index (χ1) is 7.59. The second-order valence-corrected chi connectivity index (χ2v) is 6.38. The van der Waals surface area contributed by atoms with E-state index < -0.39 is 0 Å². The van der Waals surface area contributed by atoms with E-state index >= 15 is 0 Å². The van der Waals surface area contributed by atoms with Crippen molar-refractivity contribution in [2.45, 2.75) is 32.1 Å². The fourth-order valence-corrected chi connectivity index (χ4v) is 3.13. The number of aromatic nitrogens is 1. The monoisotopic (exact) mass is 304 g/mol. The lowest BCUT2D eigenvalue weighted by Crippen LogP contribution is -2.52. The second-order valence-electron chi connectivity index (χ2n) is 4.75. The average molecular weight is 305 g/mol. The molecule has 0 spiro atoms. The van der Waals surface area contributed by atoms with Crippen LogP contribution in [0.4, 0.5) is 0 Å². The Bertz CT molecular complexity index is 329. The van der Waals surface area contributed by atoms with Gasteiger partial charge in [0.15, 0.2) is 0 Å². The molecule has 2 rings (SSSR count). The molecule has 0 bridgehead atoms. The highest BCUT2D eigenvalue weighted by molar-refractivity contribution is 9.09. The van der Waals surface area contributed by atoms with Gasteiger partial charge in [-0.25, -0.2) is 4.98 Å². The molecule has 90 valence electrons. The largest absolute Gasteiger partial charge is 0.369 e. The molecule has 1 aliphatic heterocycles. The van der Waals surface area contributed by atoms with Crippen molar-refractivity contribution in [3.8, 4) is 0 Å². The number of thiazole rings is 1. The van der Waals surface area contributed by atoms with E-state index in [1.807, 2.05) is 11.6 Å². The maximum Gasteiger partial charge on any atom is 0.107 e. The summed E-state index contributed by atoms with van der Waals surface area (Å²) in [5, 5.41) is 4.11. The van der Waals surface area contributed by atoms with Crippen LogP contribution in [0, 0.1) is 0 Å². The van der Waals surface area contributed by atoms with E-state index in [9.17, 15) is 0 Å². The number of rotatable bonds is 3. The van der Waals surface area contributed by atoms with Crippen molar-refractivity contribution in [3.05, 3.63) is 16.6 Å². The van der Waals surface area contributed by atoms with Gasteiger partial charge < -0.3 is 4.74 Å². The molecule has 0 saturated carbocycles. The Balaban J connectivity index is 1.99. The molecular weight excluding hydrogens is 288 g/mol. The van der Waals surface area contributed by atoms with Crippen molar-refractivity contribution < 1.29 is 4.74 Å². The maximum absolute atomic E-state index is 5.97. The zero-order valence-electron chi connectivity index (χ0n) is 9.65. The smallest absolute Gasteiger partial charge is 0.107 e. The molecular formula is C11H17BrN2OS. The van der Waals surface area contributed by atoms with Gasteiger partial charge in [0.2, 0.25) is 0 Å². The first-order valence-corrected chi connectivity index (χ1v) is 7.44. The van der Waals surface area contributed by atoms with Gasteiger partial charge in [0.05, 0.1) is 18.2 Å². The molecule has 1 atom stereocenters. The van der Waals surface area contributed by atoms with Crippen LogP contribution in [0.1, 0.15) is 18.9 Å². The van der Waals surface area contributed by atoms with Gasteiger partial charge in [-0.1, -0.05) is 15.9 Å². The molecule has 1 fully saturated rings. The van der Waals surface area contributed by atoms with Crippen molar-refractivity contribution in [1.82, 2.24) is 9.88 Å². The zero-order chi connectivity index (χ0) is 11.6. The zero-order valence-corrected chi connectivity index (χ0v) is 12.1. The van der Waals surface area contributed by atoms with E-state index in [2.05, 4.69) is 39.7 Å². The fourth-order valence-electron chi connectivity index (χ4n) is 2.14. The molecule has 1 aromatic rings. The Morgan fingerprint density at radius 1 is 1.69 bits per heavy atom. The predicted molar refractivity (Wildman–Crippen MR) is 70.1 cm³/mol. The van der Waals surface area contributed by atoms with E-state index in [1.165, 1.54) is 5.01 Å². The molecule has 1 aromatic heterocycles. The van der Waals surface area contributed by atoms with Crippen molar-refractivity contribution in [2.75, 3.05) is 18.4 Å². The number of halogens is 1. The molecule has 1 unspecified atom stereocenters. The van der Waals surface area contributed by atoms with Gasteiger partial charge in [-0.2, -0.15) is 0 Å². The van der Waals surface area contributed by atoms with Crippen molar-refractivity contribution in [1.29, 1.82) is 0 Å². The van der Waals surface area contributed by atoms with Crippen molar-refractivity contribution in [2.24, 2.45) is 0 Å². The van der Waals surface area contributed by atoms with Crippen LogP contribution in [0.3, 0.4) is 0 Å². The molecule has 3 nitrogen and oxygen atoms in total. The van der Waals surface area contributed by atoms with Gasteiger partial charge in [0, 0.05) is 30.0 Å². The summed E-state index contributed by atoms with van der Waals surface area (Å²) in [6.45, 7) is 7.19. The molecule has 0 aliphatic carbocycles. The molecule has 0 radical (unpaired) electrons. The average Bonchev–Trinajstić information content (AvgIpc) is 2.67. The number of alkyl halides is 1. The third kappa shape index (κ3) is 3.26. The molecule has 0 aromatic carbocycles. The lowest BCUT2D eigenvalue weighted by molar-refractivity contribution is -0.128. The van der Waals surface area contributed by atoms with Crippen molar-refractivity contribution >= 4 is 27.3 Å². The van der Waals surface area contributed by atoms with Crippen LogP contribution >= 0.6 is 27.3 Å². The van der Waals surface area contributed by atoms with Crippen LogP contribution < -0.4 is 0 Å². The van der Waals surface area contributed by atoms with E-state index in [-0.39, 0.29) is 11.7 Å². The summed E-state index contributed by atoms with van der Waals surface area (Å²) in [6.07, 6.45) is 2.15. The Morgan fingerprint density at radius 2 is 2.50 bits per heavy atom. The minimum Gasteiger partial charge on any atom is -0.369 e. The van der Waals surface area contributed by atoms with E-state index in [0.29, 0.717) is 0 Å². The predicted octanol–water partition coefficient (Wildman–Crippen LogP) is 2.52. The number of hydrogen-bond donors (Lipinski definition) is 0. The highest BCUT2D eigenvalue weighted by atomic mass is 79.9. The third-order valence-electron chi connectivity index (χ3n) is 2.57. The summed E-state index contributed by atoms with van der Waals surface area (Å²) in [7, 11) is 0. The van der Waals surface area contributed by atoms with Crippen LogP contribution in [0.5, 0.6) is 0 Å². The Kier molecular flexibility index (Phi) is 4.00. The minimum atomic E-state index is -0.0616. The fraction of sp³-hybridized carbons (Fsp3) is 0.727. The van der Waals surface area contributed by atoms with Crippen LogP contribution in [0.15, 0.2) is 11.6 Å². The van der Waals surface area contributed by atoms with Gasteiger partial charge in [-0.05, 0) is 13.8 Å². The SMILES string of the molecule is CC1(C)CN(Cc2nccs2)CC(CBr)O1. The summed E-state index contributed by atoms with van der Waals surface area (Å²) in [5.41, 5.74) is -0.0616. The standard InChI is InChI=1S/C11H17BrN2OS/c1-11(2)8-14(6-9(5-12)15-11)7-10-13-3-4-16-10/h3-4,9H,5-8H2,1-2H3. The highest BCUT2D eigenvalue weighted by Gasteiger charge is 2.32. The van der Waals surface area contributed by atoms with E-state index in [4.69, 9.17) is 4.74 Å². The summed E-state index contributed by atoms with van der Waals surface area (Å²) < 4.78 is 5.97. The first-order valence-electron chi connectivity index (χ1n) is 5.43. The van der Waals surface area contributed by atoms with E-state index in [0.717, 1.165) is 25.0 Å². The number of morpholine rings is 1. The molecule has 0 amide bonds. The van der Waals surface area contributed by atoms with Crippen LogP contribution in [0.2, 0.25) is 0 Å². The normalized spacial score (nSPS) is 25.8. The lowest BCUT2D eigenvalue weighted by atomic mass is 10.1. The summed E-state index contributed by atoms with van der Waals surface area (Å²) in [4.78, 5) is 6.76. The molecule has 2 heterocycles. The quantitative estimate of drug-likeness (QED) is 0.802. The minimum absolute atomic E-state index is 0.0616. The molecule has 1 aliphatic rings. The molecule has 5 heteroatoms. The summed E-state index contributed by atoms with van der Waals surface area (Å²) >= 11 is 5.22. The van der Waals surface area contributed by atoms with Crippen LogP contribution in [-0.4, -0.2) is 40.0 Å². The van der Waals surface area contributed by atoms with Gasteiger partial charge >= 0.3 is 0 Å². The Hall–Kier alpha value is 0.0300. The topological polar surface area (TPSA) is 25.4 Å². The third-order valence-corrected chi connectivity index (χ3v) is 4.05. The van der Waals surface area contributed by atoms with Crippen LogP contribution in [0.25, 0.3) is 0 Å². The molecule has 0 N–H and O–H groups in total. The number of ether oxygens (including phenoxy) is 1. The highest BCUT2D eigenvalue weighted by Crippen LogP contribution is 2.23. The number of hydrogen-bond acceptors (Lipinski definition) is 4. The van der Waals surface area contributed by atoms with Gasteiger partial charge in [-0.3, -0.25) is 4.90 Å². The maximum atomic E-state index is 5.97. The molecule has 1 saturated heterocycles. The Morgan fingerprint density at radius 3 is 3.12 bits per heavy atom. The number of nitrogens with zero attached hydrogens (tertiary/aromatic N) is 2. The van der Waals surface area contributed by atoms with Gasteiger partial charge in [0.25, 0.3) is 0 Å².